The van der Waals surface area contributed by atoms with Crippen LogP contribution >= 0.6 is 0 Å². The molecule has 0 aromatic carbocycles. The van der Waals surface area contributed by atoms with Crippen molar-refractivity contribution in [2.75, 3.05) is 0 Å². The first-order valence-corrected chi connectivity index (χ1v) is 4.24. The second-order valence-corrected chi connectivity index (χ2v) is 3.91. The fourth-order valence-corrected chi connectivity index (χ4v) is 0.762. The van der Waals surface area contributed by atoms with Crippen molar-refractivity contribution in [1.82, 2.24) is 5.43 Å². The van der Waals surface area contributed by atoms with Gasteiger partial charge in [0.25, 0.3) is 5.91 Å². The van der Waals surface area contributed by atoms with E-state index in [9.17, 15) is 9.59 Å². The van der Waals surface area contributed by atoms with Crippen LogP contribution in [0.4, 0.5) is 0 Å². The monoisotopic (exact) mass is 203 g/mol. The maximum Gasteiger partial charge on any atom is 0.308 e. The summed E-state index contributed by atoms with van der Waals surface area (Å²) in [6.45, 7) is 5.21. The number of amides is 1. The summed E-state index contributed by atoms with van der Waals surface area (Å²) in [7, 11) is 0. The second kappa shape index (κ2) is 4.92. The minimum Gasteiger partial charge on any atom is -0.460 e. The molecule has 6 nitrogen and oxygen atoms in total. The van der Waals surface area contributed by atoms with Gasteiger partial charge in [-0.05, 0) is 20.8 Å². The summed E-state index contributed by atoms with van der Waals surface area (Å²) in [6.07, 6.45) is -0.180. The quantitative estimate of drug-likeness (QED) is 0.237. The van der Waals surface area contributed by atoms with Gasteiger partial charge in [0, 0.05) is 0 Å². The van der Waals surface area contributed by atoms with Gasteiger partial charge < -0.3 is 10.5 Å². The molecule has 0 aliphatic carbocycles. The lowest BCUT2D eigenvalue weighted by Gasteiger charge is -2.20. The molecule has 1 unspecified atom stereocenters. The van der Waals surface area contributed by atoms with Crippen LogP contribution in [0.25, 0.3) is 0 Å². The van der Waals surface area contributed by atoms with E-state index in [0.717, 1.165) is 0 Å². The summed E-state index contributed by atoms with van der Waals surface area (Å²) in [6, 6.07) is -0.963. The molecule has 0 aliphatic heterocycles. The van der Waals surface area contributed by atoms with Crippen molar-refractivity contribution in [1.29, 1.82) is 0 Å². The summed E-state index contributed by atoms with van der Waals surface area (Å²) in [5.41, 5.74) is 6.64. The zero-order chi connectivity index (χ0) is 11.4. The summed E-state index contributed by atoms with van der Waals surface area (Å²) >= 11 is 0. The lowest BCUT2D eigenvalue weighted by atomic mass is 10.1. The number of carbonyl (C=O) groups is 2. The molecule has 0 aromatic heterocycles. The third kappa shape index (κ3) is 5.50. The Morgan fingerprint density at radius 3 is 2.29 bits per heavy atom. The number of hydrogen-bond donors (Lipinski definition) is 3. The van der Waals surface area contributed by atoms with Gasteiger partial charge in [-0.1, -0.05) is 0 Å². The zero-order valence-electron chi connectivity index (χ0n) is 8.66. The van der Waals surface area contributed by atoms with Gasteiger partial charge in [-0.25, -0.2) is 5.84 Å². The molecule has 0 aliphatic rings. The van der Waals surface area contributed by atoms with Crippen molar-refractivity contribution in [3.05, 3.63) is 0 Å². The lowest BCUT2D eigenvalue weighted by molar-refractivity contribution is -0.156. The molecule has 1 atom stereocenters. The van der Waals surface area contributed by atoms with Crippen LogP contribution < -0.4 is 17.0 Å². The van der Waals surface area contributed by atoms with Gasteiger partial charge in [0.15, 0.2) is 0 Å². The maximum atomic E-state index is 11.2. The highest BCUT2D eigenvalue weighted by Crippen LogP contribution is 2.08. The van der Waals surface area contributed by atoms with Crippen LogP contribution in [0, 0.1) is 0 Å². The molecule has 0 rings (SSSR count). The average Bonchev–Trinajstić information content (AvgIpc) is 1.99. The van der Waals surface area contributed by atoms with E-state index >= 15 is 0 Å². The number of esters is 1. The molecule has 0 saturated carbocycles. The summed E-state index contributed by atoms with van der Waals surface area (Å²) < 4.78 is 4.96. The van der Waals surface area contributed by atoms with Gasteiger partial charge in [-0.15, -0.1) is 0 Å². The van der Waals surface area contributed by atoms with E-state index in [1.54, 1.807) is 20.8 Å². The van der Waals surface area contributed by atoms with Crippen molar-refractivity contribution in [2.24, 2.45) is 11.6 Å². The third-order valence-electron chi connectivity index (χ3n) is 1.29. The number of ether oxygens (including phenoxy) is 1. The van der Waals surface area contributed by atoms with Gasteiger partial charge >= 0.3 is 5.97 Å². The summed E-state index contributed by atoms with van der Waals surface area (Å²) in [4.78, 5) is 22.0. The Hall–Kier alpha value is -1.14. The fraction of sp³-hybridized carbons (Fsp3) is 0.750. The van der Waals surface area contributed by atoms with Gasteiger partial charge in [0.2, 0.25) is 0 Å². The van der Waals surface area contributed by atoms with Crippen LogP contribution in [0.1, 0.15) is 27.2 Å². The topological polar surface area (TPSA) is 107 Å². The SMILES string of the molecule is CC(C)(C)OC(=O)CC(N)C(=O)NN. The number of nitrogens with one attached hydrogen (secondary N) is 1. The van der Waals surface area contributed by atoms with E-state index in [4.69, 9.17) is 16.3 Å². The molecular weight excluding hydrogens is 186 g/mol. The zero-order valence-corrected chi connectivity index (χ0v) is 8.66. The summed E-state index contributed by atoms with van der Waals surface area (Å²) in [5, 5.41) is 0. The number of carbonyl (C=O) groups excluding carboxylic acids is 2. The van der Waals surface area contributed by atoms with E-state index in [1.165, 1.54) is 0 Å². The van der Waals surface area contributed by atoms with Crippen LogP contribution in [0.2, 0.25) is 0 Å². The first kappa shape index (κ1) is 12.9. The Kier molecular flexibility index (Phi) is 4.52. The number of nitrogens with two attached hydrogens (primary N) is 2. The number of rotatable bonds is 3. The van der Waals surface area contributed by atoms with Crippen LogP contribution in [0.15, 0.2) is 0 Å². The first-order chi connectivity index (χ1) is 6.26. The minimum atomic E-state index is -0.963. The third-order valence-corrected chi connectivity index (χ3v) is 1.29. The predicted molar refractivity (Wildman–Crippen MR) is 50.8 cm³/mol. The van der Waals surface area contributed by atoms with E-state index in [2.05, 4.69) is 0 Å². The van der Waals surface area contributed by atoms with Gasteiger partial charge in [0.1, 0.15) is 5.60 Å². The number of hydrogen-bond acceptors (Lipinski definition) is 5. The highest BCUT2D eigenvalue weighted by molar-refractivity contribution is 5.85. The molecule has 5 N–H and O–H groups in total. The van der Waals surface area contributed by atoms with E-state index in [1.807, 2.05) is 5.43 Å². The van der Waals surface area contributed by atoms with Crippen molar-refractivity contribution >= 4 is 11.9 Å². The Morgan fingerprint density at radius 2 is 1.93 bits per heavy atom. The van der Waals surface area contributed by atoms with E-state index in [-0.39, 0.29) is 6.42 Å². The molecule has 0 aromatic rings. The summed E-state index contributed by atoms with van der Waals surface area (Å²) in [5.74, 6) is 3.74. The molecule has 0 heterocycles. The smallest absolute Gasteiger partial charge is 0.308 e. The van der Waals surface area contributed by atoms with Crippen LogP contribution in [0.3, 0.4) is 0 Å². The maximum absolute atomic E-state index is 11.2. The van der Waals surface area contributed by atoms with Crippen LogP contribution in [-0.2, 0) is 14.3 Å². The largest absolute Gasteiger partial charge is 0.460 e. The average molecular weight is 203 g/mol. The Labute approximate surface area is 82.9 Å². The molecule has 0 saturated heterocycles. The lowest BCUT2D eigenvalue weighted by Crippen LogP contribution is -2.45. The number of hydrazine groups is 1. The van der Waals surface area contributed by atoms with Gasteiger partial charge in [0.05, 0.1) is 12.5 Å². The second-order valence-electron chi connectivity index (χ2n) is 3.91. The van der Waals surface area contributed by atoms with Gasteiger partial charge in [-0.2, -0.15) is 0 Å². The molecule has 0 fully saturated rings. The highest BCUT2D eigenvalue weighted by atomic mass is 16.6. The van der Waals surface area contributed by atoms with Crippen molar-refractivity contribution in [2.45, 2.75) is 38.8 Å². The van der Waals surface area contributed by atoms with Crippen molar-refractivity contribution in [3.63, 3.8) is 0 Å². The molecule has 14 heavy (non-hydrogen) atoms. The Bertz CT molecular complexity index is 222. The molecular formula is C8H17N3O3. The fourth-order valence-electron chi connectivity index (χ4n) is 0.762. The Balaban J connectivity index is 4.01. The molecule has 1 amide bonds. The van der Waals surface area contributed by atoms with Crippen molar-refractivity contribution in [3.8, 4) is 0 Å². The first-order valence-electron chi connectivity index (χ1n) is 4.24. The molecule has 6 heteroatoms. The molecule has 0 bridgehead atoms. The molecule has 0 spiro atoms. The molecule has 82 valence electrons. The normalized spacial score (nSPS) is 13.2. The van der Waals surface area contributed by atoms with E-state index < -0.39 is 23.5 Å². The van der Waals surface area contributed by atoms with Crippen LogP contribution in [-0.4, -0.2) is 23.5 Å². The standard InChI is InChI=1S/C8H17N3O3/c1-8(2,3)14-6(12)4-5(9)7(13)11-10/h5H,4,9-10H2,1-3H3,(H,11,13). The minimum absolute atomic E-state index is 0.180. The highest BCUT2D eigenvalue weighted by Gasteiger charge is 2.21. The van der Waals surface area contributed by atoms with E-state index in [0.29, 0.717) is 0 Å². The Morgan fingerprint density at radius 1 is 1.43 bits per heavy atom. The van der Waals surface area contributed by atoms with Gasteiger partial charge in [-0.3, -0.25) is 15.0 Å². The van der Waals surface area contributed by atoms with Crippen LogP contribution in [0.5, 0.6) is 0 Å². The van der Waals surface area contributed by atoms with Crippen molar-refractivity contribution < 1.29 is 14.3 Å². The predicted octanol–water partition coefficient (Wildman–Crippen LogP) is -0.965. The molecule has 0 radical (unpaired) electrons.